The number of aliphatic carboxylic acids is 1. The summed E-state index contributed by atoms with van der Waals surface area (Å²) in [4.78, 5) is 24.5. The Hall–Kier alpha value is -1.93. The second-order valence-corrected chi connectivity index (χ2v) is 12.4. The number of carboxylic acids is 1. The van der Waals surface area contributed by atoms with Crippen LogP contribution in [0.15, 0.2) is 54.6 Å². The van der Waals surface area contributed by atoms with E-state index in [1.807, 2.05) is 86.7 Å². The Morgan fingerprint density at radius 3 is 1.95 bits per heavy atom. The SMILES string of the molecule is CC.CCC(=O)O.CCC(CN(C)S(=O)C1CC1)N1C(=O)C(C)CC[C@H]1c1ccc(Cl)cc1.Clc1ccccc1. The fraction of sp³-hybridized carbons (Fsp3) is 0.548. The molecule has 9 heteroatoms. The van der Waals surface area contributed by atoms with Gasteiger partial charge in [-0.25, -0.2) is 8.51 Å². The van der Waals surface area contributed by atoms with Crippen molar-refractivity contribution in [3.63, 3.8) is 0 Å². The molecule has 1 N–H and O–H groups in total. The maximum Gasteiger partial charge on any atom is 0.303 e. The van der Waals surface area contributed by atoms with Crippen molar-refractivity contribution >= 4 is 46.1 Å². The Balaban J connectivity index is 0.000000471. The average molecular weight is 614 g/mol. The summed E-state index contributed by atoms with van der Waals surface area (Å²) in [6, 6.07) is 17.4. The quantitative estimate of drug-likeness (QED) is 0.327. The Morgan fingerprint density at radius 1 is 1.00 bits per heavy atom. The molecule has 1 heterocycles. The first kappa shape index (κ1) is 36.1. The van der Waals surface area contributed by atoms with Gasteiger partial charge in [0.05, 0.1) is 17.0 Å². The molecule has 6 nitrogen and oxygen atoms in total. The van der Waals surface area contributed by atoms with Crippen LogP contribution in [-0.4, -0.2) is 55.3 Å². The maximum atomic E-state index is 13.1. The van der Waals surface area contributed by atoms with Crippen LogP contribution in [0.4, 0.5) is 0 Å². The molecule has 1 amide bonds. The minimum Gasteiger partial charge on any atom is -0.481 e. The summed E-state index contributed by atoms with van der Waals surface area (Å²) >= 11 is 11.6. The topological polar surface area (TPSA) is 77.9 Å². The minimum atomic E-state index is -0.933. The number of likely N-dealkylation sites (N-methyl/N-ethyl adjacent to an activating group) is 1. The minimum absolute atomic E-state index is 0.0480. The van der Waals surface area contributed by atoms with Crippen LogP contribution in [0.5, 0.6) is 0 Å². The third-order valence-corrected chi connectivity index (χ3v) is 8.93. The molecule has 3 unspecified atom stereocenters. The molecule has 2 aromatic carbocycles. The summed E-state index contributed by atoms with van der Waals surface area (Å²) in [5.41, 5.74) is 1.14. The second kappa shape index (κ2) is 19.2. The largest absolute Gasteiger partial charge is 0.481 e. The Kier molecular flexibility index (Phi) is 17.4. The van der Waals surface area contributed by atoms with Gasteiger partial charge in [0.2, 0.25) is 5.91 Å². The third kappa shape index (κ3) is 12.3. The molecule has 1 aliphatic carbocycles. The van der Waals surface area contributed by atoms with Crippen LogP contribution in [0.3, 0.4) is 0 Å². The van der Waals surface area contributed by atoms with Crippen LogP contribution in [0.25, 0.3) is 0 Å². The molecule has 1 saturated heterocycles. The van der Waals surface area contributed by atoms with Gasteiger partial charge in [0.1, 0.15) is 0 Å². The van der Waals surface area contributed by atoms with Crippen LogP contribution >= 0.6 is 23.2 Å². The van der Waals surface area contributed by atoms with Crippen LogP contribution in [0.1, 0.15) is 84.7 Å². The zero-order valence-electron chi connectivity index (χ0n) is 24.7. The van der Waals surface area contributed by atoms with Gasteiger partial charge in [-0.3, -0.25) is 9.59 Å². The fourth-order valence-corrected chi connectivity index (χ4v) is 5.89. The lowest BCUT2D eigenvalue weighted by molar-refractivity contribution is -0.145. The number of hydrogen-bond acceptors (Lipinski definition) is 3. The number of amides is 1. The van der Waals surface area contributed by atoms with Crippen LogP contribution in [0.2, 0.25) is 10.0 Å². The van der Waals surface area contributed by atoms with Gasteiger partial charge in [-0.15, -0.1) is 0 Å². The molecule has 1 aliphatic heterocycles. The van der Waals surface area contributed by atoms with Crippen molar-refractivity contribution in [3.05, 3.63) is 70.2 Å². The van der Waals surface area contributed by atoms with Crippen LogP contribution < -0.4 is 0 Å². The molecule has 0 radical (unpaired) electrons. The number of likely N-dealkylation sites (tertiary alicyclic amines) is 1. The van der Waals surface area contributed by atoms with E-state index in [-0.39, 0.29) is 30.3 Å². The summed E-state index contributed by atoms with van der Waals surface area (Å²) in [6.45, 7) is 10.4. The van der Waals surface area contributed by atoms with Gasteiger partial charge in [0.15, 0.2) is 0 Å². The summed E-state index contributed by atoms with van der Waals surface area (Å²) < 4.78 is 14.4. The zero-order valence-corrected chi connectivity index (χ0v) is 27.0. The van der Waals surface area contributed by atoms with Crippen molar-refractivity contribution in [2.75, 3.05) is 13.6 Å². The van der Waals surface area contributed by atoms with Crippen molar-refractivity contribution < 1.29 is 18.9 Å². The Labute approximate surface area is 253 Å². The highest BCUT2D eigenvalue weighted by molar-refractivity contribution is 7.83. The molecule has 0 aromatic heterocycles. The van der Waals surface area contributed by atoms with Gasteiger partial charge in [-0.1, -0.05) is 88.2 Å². The van der Waals surface area contributed by atoms with Gasteiger partial charge in [0, 0.05) is 40.2 Å². The molecular weight excluding hydrogens is 567 g/mol. The molecule has 0 bridgehead atoms. The highest BCUT2D eigenvalue weighted by Crippen LogP contribution is 2.37. The number of carboxylic acid groups (broad SMARTS) is 1. The van der Waals surface area contributed by atoms with E-state index in [1.165, 1.54) is 0 Å². The standard InChI is InChI=1S/C20H29ClN2O2S.C6H5Cl.C3H6O2.C2H6/c1-4-17(13-22(3)26(25)18-10-11-18)23-19(12-5-14(2)20(23)24)15-6-8-16(21)9-7-15;7-6-4-2-1-3-5-6;1-2-3(4)5;1-2/h6-9,14,17-19H,4-5,10-13H2,1-3H3;1-5H;2H2,1H3,(H,4,5);1-2H3/t14?,17?,19-,26?;;;/m0.../s1. The molecule has 2 aliphatic rings. The predicted molar refractivity (Wildman–Crippen MR) is 168 cm³/mol. The summed E-state index contributed by atoms with van der Waals surface area (Å²) in [7, 11) is 0.990. The molecular formula is C31H46Cl2N2O4S. The molecule has 2 aromatic rings. The lowest BCUT2D eigenvalue weighted by Crippen LogP contribution is -2.52. The highest BCUT2D eigenvalue weighted by atomic mass is 35.5. The van der Waals surface area contributed by atoms with E-state index in [0.717, 1.165) is 42.7 Å². The van der Waals surface area contributed by atoms with Crippen molar-refractivity contribution in [1.29, 1.82) is 0 Å². The number of carbonyl (C=O) groups excluding carboxylic acids is 1. The van der Waals surface area contributed by atoms with Crippen LogP contribution in [0, 0.1) is 5.92 Å². The van der Waals surface area contributed by atoms with E-state index >= 15 is 0 Å². The number of carbonyl (C=O) groups is 2. The lowest BCUT2D eigenvalue weighted by atomic mass is 9.87. The Bertz CT molecular complexity index is 1040. The summed E-state index contributed by atoms with van der Waals surface area (Å²) in [5, 5.41) is 9.55. The average Bonchev–Trinajstić information content (AvgIpc) is 3.81. The Morgan fingerprint density at radius 2 is 1.52 bits per heavy atom. The third-order valence-electron chi connectivity index (χ3n) is 6.62. The molecule has 40 heavy (non-hydrogen) atoms. The van der Waals surface area contributed by atoms with Gasteiger partial charge >= 0.3 is 5.97 Å². The van der Waals surface area contributed by atoms with Crippen molar-refractivity contribution in [2.24, 2.45) is 5.92 Å². The number of benzene rings is 2. The monoisotopic (exact) mass is 612 g/mol. The van der Waals surface area contributed by atoms with E-state index in [4.69, 9.17) is 28.3 Å². The molecule has 1 saturated carbocycles. The fourth-order valence-electron chi connectivity index (χ4n) is 4.25. The van der Waals surface area contributed by atoms with E-state index < -0.39 is 17.0 Å². The van der Waals surface area contributed by atoms with E-state index in [9.17, 15) is 13.8 Å². The normalized spacial score (nSPS) is 19.6. The number of hydrogen-bond donors (Lipinski definition) is 1. The number of piperidine rings is 1. The molecule has 4 atom stereocenters. The van der Waals surface area contributed by atoms with Gasteiger partial charge < -0.3 is 10.0 Å². The first-order valence-corrected chi connectivity index (χ1v) is 16.1. The van der Waals surface area contributed by atoms with E-state index in [0.29, 0.717) is 16.8 Å². The van der Waals surface area contributed by atoms with Crippen molar-refractivity contribution in [1.82, 2.24) is 9.21 Å². The number of rotatable bonds is 8. The van der Waals surface area contributed by atoms with Gasteiger partial charge in [-0.05, 0) is 69.0 Å². The first-order valence-electron chi connectivity index (χ1n) is 14.2. The van der Waals surface area contributed by atoms with Crippen LogP contribution in [-0.2, 0) is 20.6 Å². The molecule has 0 spiro atoms. The second-order valence-electron chi connectivity index (χ2n) is 9.68. The van der Waals surface area contributed by atoms with Crippen molar-refractivity contribution in [3.8, 4) is 0 Å². The zero-order chi connectivity index (χ0) is 30.2. The summed E-state index contributed by atoms with van der Waals surface area (Å²) in [6.07, 6.45) is 5.06. The van der Waals surface area contributed by atoms with E-state index in [1.54, 1.807) is 6.92 Å². The lowest BCUT2D eigenvalue weighted by Gasteiger charge is -2.44. The number of halogens is 2. The molecule has 224 valence electrons. The van der Waals surface area contributed by atoms with Gasteiger partial charge in [0.25, 0.3) is 0 Å². The highest BCUT2D eigenvalue weighted by Gasteiger charge is 2.39. The van der Waals surface area contributed by atoms with Gasteiger partial charge in [-0.2, -0.15) is 0 Å². The molecule has 2 fully saturated rings. The number of nitrogens with zero attached hydrogens (tertiary/aromatic N) is 2. The molecule has 4 rings (SSSR count). The van der Waals surface area contributed by atoms with Crippen molar-refractivity contribution in [2.45, 2.75) is 90.5 Å². The smallest absolute Gasteiger partial charge is 0.303 e. The summed E-state index contributed by atoms with van der Waals surface area (Å²) in [5.74, 6) is -0.481. The van der Waals surface area contributed by atoms with E-state index in [2.05, 4.69) is 11.8 Å². The maximum absolute atomic E-state index is 13.1. The first-order chi connectivity index (χ1) is 19.1. The predicted octanol–water partition coefficient (Wildman–Crippen LogP) is 8.02.